The molecule has 0 bridgehead atoms. The summed E-state index contributed by atoms with van der Waals surface area (Å²) in [5, 5.41) is 0. The van der Waals surface area contributed by atoms with Gasteiger partial charge in [-0.05, 0) is 59.2 Å². The monoisotopic (exact) mass is 520 g/mol. The standard InChI is InChI=1S/C37H28O3/c1-6-17-29(18-7-1)34-27-16-28-35(36(34)30-19-8-2-9-20-30)37(38-31-21-10-3-11-22-31,39-32-23-12-4-13-24-32)40-33-25-14-5-15-26-33/h1-28H. The molecular weight excluding hydrogens is 492 g/mol. The van der Waals surface area contributed by atoms with Crippen LogP contribution in [0.2, 0.25) is 0 Å². The van der Waals surface area contributed by atoms with Gasteiger partial charge >= 0.3 is 5.97 Å². The van der Waals surface area contributed by atoms with Crippen molar-refractivity contribution in [3.05, 3.63) is 175 Å². The molecule has 0 aliphatic heterocycles. The molecular formula is C37H28O3. The number of para-hydroxylation sites is 3. The zero-order valence-corrected chi connectivity index (χ0v) is 21.9. The fourth-order valence-corrected chi connectivity index (χ4v) is 4.74. The fraction of sp³-hybridized carbons (Fsp3) is 0.0270. The zero-order valence-electron chi connectivity index (χ0n) is 21.9. The first-order valence-corrected chi connectivity index (χ1v) is 13.3. The molecule has 0 aromatic heterocycles. The van der Waals surface area contributed by atoms with Gasteiger partial charge in [0, 0.05) is 5.56 Å². The Hall–Kier alpha value is -5.28. The SMILES string of the molecule is c1ccc(OC(Oc2ccccc2)(Oc2ccccc2)c2cccc(-c3ccccc3)c2-c2ccccc2)cc1. The molecule has 0 radical (unpaired) electrons. The van der Waals surface area contributed by atoms with Crippen LogP contribution in [0.5, 0.6) is 17.2 Å². The van der Waals surface area contributed by atoms with Gasteiger partial charge in [0.25, 0.3) is 0 Å². The predicted molar refractivity (Wildman–Crippen MR) is 160 cm³/mol. The van der Waals surface area contributed by atoms with E-state index in [1.54, 1.807) is 0 Å². The molecule has 6 aromatic carbocycles. The second-order valence-corrected chi connectivity index (χ2v) is 9.26. The maximum absolute atomic E-state index is 6.80. The highest BCUT2D eigenvalue weighted by atomic mass is 16.9. The van der Waals surface area contributed by atoms with E-state index in [0.717, 1.165) is 27.8 Å². The molecule has 0 amide bonds. The summed E-state index contributed by atoms with van der Waals surface area (Å²) in [7, 11) is 0. The van der Waals surface area contributed by atoms with Gasteiger partial charge in [-0.2, -0.15) is 0 Å². The van der Waals surface area contributed by atoms with Crippen molar-refractivity contribution in [1.29, 1.82) is 0 Å². The molecule has 3 heteroatoms. The lowest BCUT2D eigenvalue weighted by molar-refractivity contribution is -0.263. The molecule has 6 rings (SSSR count). The van der Waals surface area contributed by atoms with Crippen molar-refractivity contribution in [2.24, 2.45) is 0 Å². The van der Waals surface area contributed by atoms with Gasteiger partial charge in [-0.1, -0.05) is 127 Å². The highest BCUT2D eigenvalue weighted by molar-refractivity contribution is 5.86. The summed E-state index contributed by atoms with van der Waals surface area (Å²) < 4.78 is 20.4. The molecule has 0 fully saturated rings. The van der Waals surface area contributed by atoms with Crippen LogP contribution in [0.3, 0.4) is 0 Å². The molecule has 40 heavy (non-hydrogen) atoms. The summed E-state index contributed by atoms with van der Waals surface area (Å²) >= 11 is 0. The third kappa shape index (κ3) is 5.45. The molecule has 0 unspecified atom stereocenters. The number of benzene rings is 6. The first-order chi connectivity index (χ1) is 19.8. The molecule has 3 nitrogen and oxygen atoms in total. The van der Waals surface area contributed by atoms with Gasteiger partial charge in [-0.3, -0.25) is 0 Å². The summed E-state index contributed by atoms with van der Waals surface area (Å²) in [4.78, 5) is 0. The van der Waals surface area contributed by atoms with Crippen molar-refractivity contribution in [2.75, 3.05) is 0 Å². The Morgan fingerprint density at radius 2 is 0.700 bits per heavy atom. The average Bonchev–Trinajstić information content (AvgIpc) is 3.03. The Bertz CT molecular complexity index is 1530. The molecule has 0 N–H and O–H groups in total. The van der Waals surface area contributed by atoms with Crippen LogP contribution in [-0.2, 0) is 5.97 Å². The Kier molecular flexibility index (Phi) is 7.27. The summed E-state index contributed by atoms with van der Waals surface area (Å²) in [5.41, 5.74) is 4.83. The molecule has 0 saturated carbocycles. The number of rotatable bonds is 9. The summed E-state index contributed by atoms with van der Waals surface area (Å²) in [6.45, 7) is 0. The highest BCUT2D eigenvalue weighted by Crippen LogP contribution is 2.43. The predicted octanol–water partition coefficient (Wildman–Crippen LogP) is 9.37. The van der Waals surface area contributed by atoms with E-state index in [9.17, 15) is 0 Å². The first-order valence-electron chi connectivity index (χ1n) is 13.3. The molecule has 194 valence electrons. The van der Waals surface area contributed by atoms with E-state index in [0.29, 0.717) is 17.2 Å². The van der Waals surface area contributed by atoms with Gasteiger partial charge in [0.1, 0.15) is 17.2 Å². The van der Waals surface area contributed by atoms with Crippen LogP contribution >= 0.6 is 0 Å². The summed E-state index contributed by atoms with van der Waals surface area (Å²) in [5.74, 6) is 0.149. The van der Waals surface area contributed by atoms with E-state index in [2.05, 4.69) is 30.3 Å². The van der Waals surface area contributed by atoms with Gasteiger partial charge in [0.2, 0.25) is 0 Å². The Morgan fingerprint density at radius 1 is 0.325 bits per heavy atom. The molecule has 0 heterocycles. The fourth-order valence-electron chi connectivity index (χ4n) is 4.74. The van der Waals surface area contributed by atoms with E-state index in [4.69, 9.17) is 14.2 Å². The van der Waals surface area contributed by atoms with Gasteiger partial charge in [-0.15, -0.1) is 0 Å². The topological polar surface area (TPSA) is 27.7 Å². The van der Waals surface area contributed by atoms with Crippen LogP contribution in [0.1, 0.15) is 5.56 Å². The highest BCUT2D eigenvalue weighted by Gasteiger charge is 2.44. The maximum Gasteiger partial charge on any atom is 0.448 e. The van der Waals surface area contributed by atoms with Gasteiger partial charge in [-0.25, -0.2) is 0 Å². The number of hydrogen-bond donors (Lipinski definition) is 0. The Morgan fingerprint density at radius 3 is 1.12 bits per heavy atom. The zero-order chi connectivity index (χ0) is 27.0. The van der Waals surface area contributed by atoms with Crippen LogP contribution in [0.15, 0.2) is 170 Å². The Balaban J connectivity index is 1.65. The van der Waals surface area contributed by atoms with Crippen molar-refractivity contribution in [2.45, 2.75) is 5.97 Å². The van der Waals surface area contributed by atoms with Crippen molar-refractivity contribution in [3.8, 4) is 39.5 Å². The smallest absolute Gasteiger partial charge is 0.417 e. The van der Waals surface area contributed by atoms with Gasteiger partial charge in [0.15, 0.2) is 0 Å². The lowest BCUT2D eigenvalue weighted by Gasteiger charge is -2.36. The quantitative estimate of drug-likeness (QED) is 0.178. The van der Waals surface area contributed by atoms with Crippen molar-refractivity contribution < 1.29 is 14.2 Å². The number of hydrogen-bond acceptors (Lipinski definition) is 3. The molecule has 0 aliphatic rings. The van der Waals surface area contributed by atoms with E-state index in [-0.39, 0.29) is 0 Å². The molecule has 0 saturated heterocycles. The van der Waals surface area contributed by atoms with Crippen LogP contribution in [-0.4, -0.2) is 0 Å². The van der Waals surface area contributed by atoms with Crippen molar-refractivity contribution in [3.63, 3.8) is 0 Å². The molecule has 0 spiro atoms. The van der Waals surface area contributed by atoms with Gasteiger partial charge in [0.05, 0.1) is 5.56 Å². The minimum atomic E-state index is -1.68. The second kappa shape index (κ2) is 11.6. The average molecular weight is 521 g/mol. The maximum atomic E-state index is 6.80. The summed E-state index contributed by atoms with van der Waals surface area (Å²) in [6, 6.07) is 55.7. The van der Waals surface area contributed by atoms with Crippen molar-refractivity contribution >= 4 is 0 Å². The van der Waals surface area contributed by atoms with Crippen LogP contribution in [0.25, 0.3) is 22.3 Å². The van der Waals surface area contributed by atoms with Crippen molar-refractivity contribution in [1.82, 2.24) is 0 Å². The second-order valence-electron chi connectivity index (χ2n) is 9.26. The Labute approximate surface area is 234 Å². The first kappa shape index (κ1) is 25.0. The lowest BCUT2D eigenvalue weighted by atomic mass is 9.89. The van der Waals surface area contributed by atoms with E-state index >= 15 is 0 Å². The largest absolute Gasteiger partial charge is 0.448 e. The number of ether oxygens (including phenoxy) is 3. The summed E-state index contributed by atoms with van der Waals surface area (Å²) in [6.07, 6.45) is 0. The van der Waals surface area contributed by atoms with Crippen LogP contribution in [0.4, 0.5) is 0 Å². The van der Waals surface area contributed by atoms with E-state index in [1.165, 1.54) is 0 Å². The van der Waals surface area contributed by atoms with E-state index in [1.807, 2.05) is 140 Å². The molecule has 6 aromatic rings. The van der Waals surface area contributed by atoms with E-state index < -0.39 is 5.97 Å². The normalized spacial score (nSPS) is 11.0. The minimum Gasteiger partial charge on any atom is -0.417 e. The third-order valence-corrected chi connectivity index (χ3v) is 6.53. The minimum absolute atomic E-state index is 0.610. The molecule has 0 aliphatic carbocycles. The van der Waals surface area contributed by atoms with Crippen LogP contribution in [0, 0.1) is 0 Å². The molecule has 0 atom stereocenters. The van der Waals surface area contributed by atoms with Gasteiger partial charge < -0.3 is 14.2 Å². The van der Waals surface area contributed by atoms with Crippen LogP contribution < -0.4 is 14.2 Å². The lowest BCUT2D eigenvalue weighted by Crippen LogP contribution is -2.46. The third-order valence-electron chi connectivity index (χ3n) is 6.53.